The van der Waals surface area contributed by atoms with Crippen molar-refractivity contribution in [1.29, 1.82) is 5.26 Å². The van der Waals surface area contributed by atoms with Gasteiger partial charge in [-0.2, -0.15) is 5.26 Å². The molecule has 0 amide bonds. The third kappa shape index (κ3) is 4.26. The van der Waals surface area contributed by atoms with E-state index in [0.717, 1.165) is 16.9 Å². The maximum absolute atomic E-state index is 12.3. The minimum absolute atomic E-state index is 0.182. The van der Waals surface area contributed by atoms with E-state index in [1.807, 2.05) is 23.6 Å². The molecular formula is C22H17N3O6S2. The van der Waals surface area contributed by atoms with E-state index in [1.54, 1.807) is 6.92 Å². The van der Waals surface area contributed by atoms with E-state index >= 15 is 0 Å². The van der Waals surface area contributed by atoms with Crippen LogP contribution in [0.5, 0.6) is 11.5 Å². The first kappa shape index (κ1) is 22.3. The first-order valence-corrected chi connectivity index (χ1v) is 11.2. The van der Waals surface area contributed by atoms with Crippen LogP contribution < -0.4 is 14.8 Å². The summed E-state index contributed by atoms with van der Waals surface area (Å²) >= 11 is 2.34. The predicted molar refractivity (Wildman–Crippen MR) is 123 cm³/mol. The monoisotopic (exact) mass is 483 g/mol. The van der Waals surface area contributed by atoms with E-state index in [2.05, 4.69) is 16.4 Å². The lowest BCUT2D eigenvalue weighted by molar-refractivity contribution is 0.0601. The molecule has 0 unspecified atom stereocenters. The number of anilines is 1. The Hall–Kier alpha value is -3.88. The Balaban J connectivity index is 1.63. The number of hydrogen-bond donors (Lipinski definition) is 1. The van der Waals surface area contributed by atoms with Gasteiger partial charge in [-0.1, -0.05) is 0 Å². The van der Waals surface area contributed by atoms with Gasteiger partial charge in [0.15, 0.2) is 11.5 Å². The molecule has 168 valence electrons. The zero-order valence-electron chi connectivity index (χ0n) is 17.8. The standard InChI is InChI=1S/C22H17N3O6S2/c1-11-17(21(26)28-2)20(33-18(11)22(27)29-3)24-8-13(7-23)19-25-14(9-32-19)12-4-5-15-16(6-12)31-10-30-15/h4-6,8-9,24H,10H2,1-3H3/b13-8-. The number of methoxy groups -OCH3 is 2. The van der Waals surface area contributed by atoms with Crippen LogP contribution in [0.15, 0.2) is 29.8 Å². The van der Waals surface area contributed by atoms with Crippen LogP contribution >= 0.6 is 22.7 Å². The van der Waals surface area contributed by atoms with Crippen molar-refractivity contribution in [3.05, 3.63) is 50.8 Å². The Morgan fingerprint density at radius 3 is 2.70 bits per heavy atom. The van der Waals surface area contributed by atoms with Crippen LogP contribution in [0.3, 0.4) is 0 Å². The molecular weight excluding hydrogens is 466 g/mol. The summed E-state index contributed by atoms with van der Waals surface area (Å²) in [5.41, 5.74) is 2.42. The number of carbonyl (C=O) groups is 2. The summed E-state index contributed by atoms with van der Waals surface area (Å²) in [7, 11) is 2.52. The molecule has 0 fully saturated rings. The second kappa shape index (κ2) is 9.32. The van der Waals surface area contributed by atoms with Gasteiger partial charge < -0.3 is 24.3 Å². The van der Waals surface area contributed by atoms with Crippen LogP contribution in [0, 0.1) is 18.3 Å². The Bertz CT molecular complexity index is 1320. The average Bonchev–Trinajstić information content (AvgIpc) is 3.57. The highest BCUT2D eigenvalue weighted by atomic mass is 32.1. The first-order chi connectivity index (χ1) is 16.0. The fraction of sp³-hybridized carbons (Fsp3) is 0.182. The maximum atomic E-state index is 12.3. The lowest BCUT2D eigenvalue weighted by Crippen LogP contribution is -2.06. The molecule has 0 radical (unpaired) electrons. The van der Waals surface area contributed by atoms with E-state index in [4.69, 9.17) is 18.9 Å². The molecule has 3 heterocycles. The van der Waals surface area contributed by atoms with Gasteiger partial charge in [-0.15, -0.1) is 22.7 Å². The number of aromatic nitrogens is 1. The third-order valence-electron chi connectivity index (χ3n) is 4.78. The highest BCUT2D eigenvalue weighted by Crippen LogP contribution is 2.37. The number of fused-ring (bicyclic) bond motifs is 1. The van der Waals surface area contributed by atoms with Crippen LogP contribution in [0.25, 0.3) is 16.8 Å². The Morgan fingerprint density at radius 2 is 1.97 bits per heavy atom. The second-order valence-corrected chi connectivity index (χ2v) is 8.54. The molecule has 2 aromatic heterocycles. The minimum Gasteiger partial charge on any atom is -0.465 e. The number of nitriles is 1. The molecule has 1 aromatic carbocycles. The van der Waals surface area contributed by atoms with Crippen molar-refractivity contribution in [2.75, 3.05) is 26.3 Å². The number of nitrogens with zero attached hydrogens (tertiary/aromatic N) is 2. The van der Waals surface area contributed by atoms with Gasteiger partial charge >= 0.3 is 11.9 Å². The molecule has 9 nitrogen and oxygen atoms in total. The lowest BCUT2D eigenvalue weighted by Gasteiger charge is -2.03. The van der Waals surface area contributed by atoms with Crippen LogP contribution in [0.1, 0.15) is 30.6 Å². The molecule has 4 rings (SSSR count). The van der Waals surface area contributed by atoms with Crippen LogP contribution in [-0.2, 0) is 9.47 Å². The Labute approximate surface area is 196 Å². The van der Waals surface area contributed by atoms with Crippen LogP contribution in [0.4, 0.5) is 5.00 Å². The van der Waals surface area contributed by atoms with Gasteiger partial charge in [0.25, 0.3) is 0 Å². The molecule has 3 aromatic rings. The van der Waals surface area contributed by atoms with Crippen molar-refractivity contribution in [2.24, 2.45) is 0 Å². The summed E-state index contributed by atoms with van der Waals surface area (Å²) < 4.78 is 20.4. The maximum Gasteiger partial charge on any atom is 0.348 e. The van der Waals surface area contributed by atoms with Crippen molar-refractivity contribution >= 4 is 45.2 Å². The summed E-state index contributed by atoms with van der Waals surface area (Å²) in [4.78, 5) is 29.2. The van der Waals surface area contributed by atoms with E-state index < -0.39 is 11.9 Å². The van der Waals surface area contributed by atoms with Gasteiger partial charge in [0, 0.05) is 17.1 Å². The molecule has 0 saturated heterocycles. The van der Waals surface area contributed by atoms with Gasteiger partial charge in [0.1, 0.15) is 26.5 Å². The Morgan fingerprint density at radius 1 is 1.21 bits per heavy atom. The Kier molecular flexibility index (Phi) is 6.30. The molecule has 11 heteroatoms. The number of thiazole rings is 1. The van der Waals surface area contributed by atoms with Crippen molar-refractivity contribution in [3.63, 3.8) is 0 Å². The van der Waals surface area contributed by atoms with E-state index in [0.29, 0.717) is 32.8 Å². The molecule has 0 bridgehead atoms. The number of benzene rings is 1. The fourth-order valence-corrected chi connectivity index (χ4v) is 4.99. The van der Waals surface area contributed by atoms with Gasteiger partial charge in [-0.05, 0) is 30.7 Å². The van der Waals surface area contributed by atoms with Crippen LogP contribution in [0.2, 0.25) is 0 Å². The smallest absolute Gasteiger partial charge is 0.348 e. The summed E-state index contributed by atoms with van der Waals surface area (Å²) in [5.74, 6) is 0.153. The normalized spacial score (nSPS) is 12.2. The number of allylic oxidation sites excluding steroid dienone is 1. The quantitative estimate of drug-likeness (QED) is 0.400. The molecule has 1 N–H and O–H groups in total. The number of rotatable bonds is 6. The number of carbonyl (C=O) groups excluding carboxylic acids is 2. The van der Waals surface area contributed by atoms with Gasteiger partial charge in [-0.3, -0.25) is 0 Å². The van der Waals surface area contributed by atoms with E-state index in [9.17, 15) is 14.9 Å². The van der Waals surface area contributed by atoms with Crippen molar-refractivity contribution < 1.29 is 28.5 Å². The molecule has 0 saturated carbocycles. The summed E-state index contributed by atoms with van der Waals surface area (Å²) in [6.07, 6.45) is 1.45. The van der Waals surface area contributed by atoms with Crippen molar-refractivity contribution in [1.82, 2.24) is 4.98 Å². The van der Waals surface area contributed by atoms with Gasteiger partial charge in [-0.25, -0.2) is 14.6 Å². The van der Waals surface area contributed by atoms with Gasteiger partial charge in [0.05, 0.1) is 25.5 Å². The SMILES string of the molecule is COC(=O)c1sc(N/C=C(/C#N)c2nc(-c3ccc4c(c3)OCO4)cs2)c(C(=O)OC)c1C. The highest BCUT2D eigenvalue weighted by molar-refractivity contribution is 7.18. The number of thiophene rings is 1. The van der Waals surface area contributed by atoms with Crippen LogP contribution in [-0.4, -0.2) is 37.9 Å². The van der Waals surface area contributed by atoms with Crippen molar-refractivity contribution in [2.45, 2.75) is 6.92 Å². The molecule has 0 atom stereocenters. The number of nitrogens with one attached hydrogen (secondary N) is 1. The zero-order valence-corrected chi connectivity index (χ0v) is 19.4. The zero-order chi connectivity index (χ0) is 23.5. The second-order valence-electron chi connectivity index (χ2n) is 6.66. The van der Waals surface area contributed by atoms with Gasteiger partial charge in [0.2, 0.25) is 6.79 Å². The number of ether oxygens (including phenoxy) is 4. The first-order valence-electron chi connectivity index (χ1n) is 9.49. The summed E-state index contributed by atoms with van der Waals surface area (Å²) in [6, 6.07) is 7.62. The predicted octanol–water partition coefficient (Wildman–Crippen LogP) is 4.46. The largest absolute Gasteiger partial charge is 0.465 e. The molecule has 1 aliphatic rings. The molecule has 0 spiro atoms. The van der Waals surface area contributed by atoms with E-state index in [1.165, 1.54) is 31.8 Å². The lowest BCUT2D eigenvalue weighted by atomic mass is 10.1. The third-order valence-corrected chi connectivity index (χ3v) is 6.86. The summed E-state index contributed by atoms with van der Waals surface area (Å²) in [5, 5.41) is 15.3. The van der Waals surface area contributed by atoms with Crippen molar-refractivity contribution in [3.8, 4) is 28.8 Å². The minimum atomic E-state index is -0.604. The number of hydrogen-bond acceptors (Lipinski definition) is 11. The fourth-order valence-electron chi connectivity index (χ4n) is 3.12. The average molecular weight is 484 g/mol. The molecule has 1 aliphatic heterocycles. The number of esters is 2. The van der Waals surface area contributed by atoms with E-state index in [-0.39, 0.29) is 22.8 Å². The topological polar surface area (TPSA) is 120 Å². The summed E-state index contributed by atoms with van der Waals surface area (Å²) in [6.45, 7) is 1.81. The highest BCUT2D eigenvalue weighted by Gasteiger charge is 2.25. The molecule has 33 heavy (non-hydrogen) atoms. The molecule has 0 aliphatic carbocycles.